The van der Waals surface area contributed by atoms with E-state index in [-0.39, 0.29) is 35.3 Å². The zero-order valence-electron chi connectivity index (χ0n) is 15.7. The van der Waals surface area contributed by atoms with Crippen molar-refractivity contribution < 1.29 is 28.5 Å². The van der Waals surface area contributed by atoms with Crippen LogP contribution < -0.4 is 0 Å². The molecule has 8 atom stereocenters. The zero-order valence-corrected chi connectivity index (χ0v) is 15.7. The third kappa shape index (κ3) is 1.07. The molecular formula is C21H22O6. The van der Waals surface area contributed by atoms with Crippen LogP contribution in [0, 0.1) is 11.3 Å². The van der Waals surface area contributed by atoms with E-state index < -0.39 is 16.8 Å². The van der Waals surface area contributed by atoms with Gasteiger partial charge in [0, 0.05) is 16.6 Å². The topological polar surface area (TPSA) is 76.4 Å². The lowest BCUT2D eigenvalue weighted by Gasteiger charge is -2.50. The molecule has 0 bridgehead atoms. The minimum atomic E-state index is -0.443. The van der Waals surface area contributed by atoms with Gasteiger partial charge in [0.1, 0.15) is 36.1 Å². The Hall–Kier alpha value is -1.21. The molecule has 0 radical (unpaired) electrons. The molecule has 5 heterocycles. The van der Waals surface area contributed by atoms with E-state index in [4.69, 9.17) is 23.7 Å². The molecule has 5 aliphatic heterocycles. The van der Waals surface area contributed by atoms with Crippen molar-refractivity contribution in [1.82, 2.24) is 0 Å². The molecule has 0 amide bonds. The third-order valence-corrected chi connectivity index (χ3v) is 9.24. The Balaban J connectivity index is 1.37. The lowest BCUT2D eigenvalue weighted by Crippen LogP contribution is -2.69. The van der Waals surface area contributed by atoms with Crippen LogP contribution in [0.5, 0.6) is 0 Å². The Labute approximate surface area is 156 Å². The smallest absolute Gasteiger partial charge is 0.334 e. The predicted molar refractivity (Wildman–Crippen MR) is 89.7 cm³/mol. The summed E-state index contributed by atoms with van der Waals surface area (Å²) in [6.07, 6.45) is 3.97. The van der Waals surface area contributed by atoms with Crippen molar-refractivity contribution in [2.45, 2.75) is 74.3 Å². The number of ether oxygens (including phenoxy) is 5. The summed E-state index contributed by atoms with van der Waals surface area (Å²) in [5, 5.41) is 0. The van der Waals surface area contributed by atoms with Crippen LogP contribution in [0.1, 0.15) is 33.6 Å². The number of carbonyl (C=O) groups is 1. The van der Waals surface area contributed by atoms with Gasteiger partial charge >= 0.3 is 5.97 Å². The van der Waals surface area contributed by atoms with E-state index >= 15 is 0 Å². The summed E-state index contributed by atoms with van der Waals surface area (Å²) in [6, 6.07) is 0. The number of fused-ring (bicyclic) bond motifs is 5. The van der Waals surface area contributed by atoms with Gasteiger partial charge in [-0.1, -0.05) is 20.8 Å². The van der Waals surface area contributed by atoms with Gasteiger partial charge in [0.25, 0.3) is 0 Å². The molecule has 0 unspecified atom stereocenters. The fourth-order valence-corrected chi connectivity index (χ4v) is 7.95. The van der Waals surface area contributed by atoms with Gasteiger partial charge in [-0.2, -0.15) is 0 Å². The van der Waals surface area contributed by atoms with Crippen LogP contribution in [-0.4, -0.2) is 59.9 Å². The molecule has 6 nitrogen and oxygen atoms in total. The maximum atomic E-state index is 12.1. The van der Waals surface area contributed by atoms with Crippen molar-refractivity contribution in [3.05, 3.63) is 22.8 Å². The Bertz CT molecular complexity index is 944. The van der Waals surface area contributed by atoms with Crippen molar-refractivity contribution in [2.75, 3.05) is 13.2 Å². The summed E-state index contributed by atoms with van der Waals surface area (Å²) in [5.41, 5.74) is 1.42. The van der Waals surface area contributed by atoms with Gasteiger partial charge in [-0.15, -0.1) is 0 Å². The number of hydrogen-bond donors (Lipinski definition) is 0. The van der Waals surface area contributed by atoms with Gasteiger partial charge in [0.05, 0.1) is 6.61 Å². The first kappa shape index (κ1) is 14.7. The first-order valence-electron chi connectivity index (χ1n) is 10.2. The third-order valence-electron chi connectivity index (χ3n) is 9.24. The minimum Gasteiger partial charge on any atom is -0.457 e. The lowest BCUT2D eigenvalue weighted by atomic mass is 9.48. The molecule has 3 aliphatic carbocycles. The average molecular weight is 370 g/mol. The number of hydrogen-bond acceptors (Lipinski definition) is 6. The minimum absolute atomic E-state index is 0.0311. The highest BCUT2D eigenvalue weighted by Gasteiger charge is 3.06. The molecular weight excluding hydrogens is 348 g/mol. The molecule has 27 heavy (non-hydrogen) atoms. The highest BCUT2D eigenvalue weighted by Crippen LogP contribution is 2.86. The standard InChI is InChI=1S/C21H22O6/c1-9(2)19-14(26-19)15-21(27-15)17(3)5-4-10-11(7-23-16(10)22)12(17)6-13-20(21,25-13)18(19)8-24-18/h6,9,13-15H,4-5,7-8H2,1-3H3/t13-,14-,15-,17-,18-,19-,20+,21+/m0/s1. The second-order valence-electron chi connectivity index (χ2n) is 10.1. The SMILES string of the molecule is CC(C)[C@]12O[C@H]1[C@@H]1O[C@]13[C@]1(O[C@H]1C=C1C4=C(CC[C@@]13C)C(=O)OC4)[C@]21CO1. The van der Waals surface area contributed by atoms with Crippen molar-refractivity contribution in [1.29, 1.82) is 0 Å². The molecule has 6 heteroatoms. The normalized spacial score (nSPS) is 62.6. The zero-order chi connectivity index (χ0) is 18.2. The van der Waals surface area contributed by atoms with E-state index in [9.17, 15) is 4.79 Å². The van der Waals surface area contributed by atoms with E-state index in [2.05, 4.69) is 26.8 Å². The molecule has 8 aliphatic rings. The van der Waals surface area contributed by atoms with Gasteiger partial charge in [0.2, 0.25) is 0 Å². The molecule has 0 aromatic rings. The highest BCUT2D eigenvalue weighted by atomic mass is 16.8. The van der Waals surface area contributed by atoms with Crippen molar-refractivity contribution >= 4 is 5.97 Å². The molecule has 1 saturated carbocycles. The molecule has 8 rings (SSSR count). The average Bonchev–Trinajstić information content (AvgIpc) is 3.43. The number of cyclic esters (lactones) is 1. The monoisotopic (exact) mass is 370 g/mol. The summed E-state index contributed by atoms with van der Waals surface area (Å²) >= 11 is 0. The molecule has 0 N–H and O–H groups in total. The van der Waals surface area contributed by atoms with Crippen molar-refractivity contribution in [3.63, 3.8) is 0 Å². The first-order valence-corrected chi connectivity index (χ1v) is 10.2. The van der Waals surface area contributed by atoms with E-state index in [0.29, 0.717) is 19.1 Å². The number of carbonyl (C=O) groups excluding carboxylic acids is 1. The predicted octanol–water partition coefficient (Wildman–Crippen LogP) is 1.43. The maximum absolute atomic E-state index is 12.1. The molecule has 0 aromatic heterocycles. The lowest BCUT2D eigenvalue weighted by molar-refractivity contribution is -0.136. The number of esters is 1. The first-order chi connectivity index (χ1) is 12.9. The summed E-state index contributed by atoms with van der Waals surface area (Å²) in [6.45, 7) is 7.81. The molecule has 3 spiro atoms. The molecule has 142 valence electrons. The van der Waals surface area contributed by atoms with Crippen molar-refractivity contribution in [2.24, 2.45) is 11.3 Å². The molecule has 4 saturated heterocycles. The summed E-state index contributed by atoms with van der Waals surface area (Å²) < 4.78 is 31.2. The van der Waals surface area contributed by atoms with Crippen LogP contribution in [-0.2, 0) is 28.5 Å². The second-order valence-corrected chi connectivity index (χ2v) is 10.1. The van der Waals surface area contributed by atoms with Crippen LogP contribution in [0.3, 0.4) is 0 Å². The largest absolute Gasteiger partial charge is 0.457 e. The van der Waals surface area contributed by atoms with E-state index in [1.54, 1.807) is 0 Å². The van der Waals surface area contributed by atoms with Crippen LogP contribution in [0.25, 0.3) is 0 Å². The van der Waals surface area contributed by atoms with Gasteiger partial charge in [-0.05, 0) is 30.4 Å². The van der Waals surface area contributed by atoms with Crippen molar-refractivity contribution in [3.8, 4) is 0 Å². The fourth-order valence-electron chi connectivity index (χ4n) is 7.95. The van der Waals surface area contributed by atoms with Gasteiger partial charge in [-0.3, -0.25) is 0 Å². The number of rotatable bonds is 1. The summed E-state index contributed by atoms with van der Waals surface area (Å²) in [7, 11) is 0. The number of epoxide rings is 4. The van der Waals surface area contributed by atoms with E-state index in [1.807, 2.05) is 0 Å². The fraction of sp³-hybridized carbons (Fsp3) is 0.762. The van der Waals surface area contributed by atoms with Crippen LogP contribution in [0.2, 0.25) is 0 Å². The van der Waals surface area contributed by atoms with Crippen LogP contribution >= 0.6 is 0 Å². The molecule has 0 aromatic carbocycles. The van der Waals surface area contributed by atoms with Crippen LogP contribution in [0.15, 0.2) is 22.8 Å². The summed E-state index contributed by atoms with van der Waals surface area (Å²) in [4.78, 5) is 12.1. The van der Waals surface area contributed by atoms with Gasteiger partial charge in [-0.25, -0.2) is 4.79 Å². The van der Waals surface area contributed by atoms with E-state index in [1.165, 1.54) is 5.57 Å². The van der Waals surface area contributed by atoms with E-state index in [0.717, 1.165) is 24.0 Å². The Kier molecular flexibility index (Phi) is 1.94. The Morgan fingerprint density at radius 3 is 2.67 bits per heavy atom. The highest BCUT2D eigenvalue weighted by molar-refractivity contribution is 5.94. The van der Waals surface area contributed by atoms with Gasteiger partial charge < -0.3 is 23.7 Å². The van der Waals surface area contributed by atoms with Crippen LogP contribution in [0.4, 0.5) is 0 Å². The maximum Gasteiger partial charge on any atom is 0.334 e. The second kappa shape index (κ2) is 3.56. The molecule has 5 fully saturated rings. The van der Waals surface area contributed by atoms with Gasteiger partial charge in [0.15, 0.2) is 11.2 Å². The Morgan fingerprint density at radius 1 is 1.11 bits per heavy atom. The summed E-state index contributed by atoms with van der Waals surface area (Å²) in [5.74, 6) is 0.202. The Morgan fingerprint density at radius 2 is 1.93 bits per heavy atom. The quantitative estimate of drug-likeness (QED) is 0.513.